The van der Waals surface area contributed by atoms with Crippen molar-refractivity contribution in [3.63, 3.8) is 0 Å². The van der Waals surface area contributed by atoms with Crippen molar-refractivity contribution in [3.8, 4) is 46.0 Å². The van der Waals surface area contributed by atoms with E-state index in [-0.39, 0.29) is 59.6 Å². The summed E-state index contributed by atoms with van der Waals surface area (Å²) in [5.74, 6) is 2.94. The van der Waals surface area contributed by atoms with Gasteiger partial charge in [-0.15, -0.1) is 0 Å². The summed E-state index contributed by atoms with van der Waals surface area (Å²) in [6, 6.07) is 32.6. The highest BCUT2D eigenvalue weighted by molar-refractivity contribution is 7.99. The molecule has 0 aliphatic rings. The molecule has 0 atom stereocenters. The van der Waals surface area contributed by atoms with Gasteiger partial charge in [-0.05, 0) is 217 Å². The van der Waals surface area contributed by atoms with Crippen molar-refractivity contribution >= 4 is 23.5 Å². The van der Waals surface area contributed by atoms with Gasteiger partial charge in [-0.25, -0.2) is 0 Å². The summed E-state index contributed by atoms with van der Waals surface area (Å²) in [5, 5.41) is 84.9. The topological polar surface area (TPSA) is 162 Å². The fraction of sp³-hybridized carbons (Fsp3) is 0.520. The second-order valence-electron chi connectivity index (χ2n) is 42.5. The Balaban J connectivity index is 0.000000293. The van der Waals surface area contributed by atoms with E-state index >= 15 is 0 Å². The van der Waals surface area contributed by atoms with Crippen LogP contribution in [0.1, 0.15) is 340 Å². The zero-order valence-corrected chi connectivity index (χ0v) is 77.5. The van der Waals surface area contributed by atoms with Crippen LogP contribution in [0.4, 0.5) is 0 Å². The standard InChI is InChI=1S/C23H32O2.2C22H30O2S.C18H30O.C15H24O/c1-14-9-16(20(24)18(11-14)22(3,4)5)13-17-10-15(2)12-19(21(17)25)23(6,7)8;1-13-9-17(23)15(21(3,4)5)11-19(13)25-20-12-16(22(6,7)8)18(24)10-14(20)2;1-13-9-15(21(3,4)5)19(23)17(11-13)25-18-12-14(2)10-16(20(18)24)22(6,7)8;1-16(2,3)12-10-13(17(4,5)6)15(19)14(11-12)18(7,8)9;1-10-8-11(14(2,3)4)13(16)12(9-10)15(5,6)7/h9-12,24-25H,13H2,1-8H3;2*9-12,23-24H,1-8H3;10-11,19H,1-9H3;8-9,16H,1-7H3. The van der Waals surface area contributed by atoms with Gasteiger partial charge in [-0.3, -0.25) is 0 Å². The first-order chi connectivity index (χ1) is 49.2. The van der Waals surface area contributed by atoms with Gasteiger partial charge in [-0.1, -0.05) is 329 Å². The average molecular weight is 1540 g/mol. The van der Waals surface area contributed by atoms with Gasteiger partial charge < -0.3 is 40.9 Å². The minimum atomic E-state index is -0.142. The van der Waals surface area contributed by atoms with Gasteiger partial charge in [0.1, 0.15) is 46.0 Å². The largest absolute Gasteiger partial charge is 0.508 e. The van der Waals surface area contributed by atoms with E-state index in [0.717, 1.165) is 120 Å². The minimum Gasteiger partial charge on any atom is -0.508 e. The van der Waals surface area contributed by atoms with E-state index < -0.39 is 0 Å². The van der Waals surface area contributed by atoms with Gasteiger partial charge in [0.2, 0.25) is 0 Å². The summed E-state index contributed by atoms with van der Waals surface area (Å²) in [4.78, 5) is 3.84. The predicted molar refractivity (Wildman–Crippen MR) is 475 cm³/mol. The van der Waals surface area contributed by atoms with E-state index in [9.17, 15) is 40.9 Å². The van der Waals surface area contributed by atoms with Gasteiger partial charge in [0.05, 0.1) is 9.79 Å². The minimum absolute atomic E-state index is 0.0178. The molecule has 8 aromatic carbocycles. The number of benzene rings is 8. The monoisotopic (exact) mass is 1540 g/mol. The normalized spacial score (nSPS) is 12.8. The molecule has 8 aromatic rings. The van der Waals surface area contributed by atoms with Crippen molar-refractivity contribution in [2.75, 3.05) is 0 Å². The molecular weight excluding hydrogens is 1390 g/mol. The average Bonchev–Trinajstić information content (AvgIpc) is 0.817. The summed E-state index contributed by atoms with van der Waals surface area (Å²) in [5.41, 5.74) is 19.8. The van der Waals surface area contributed by atoms with Crippen LogP contribution < -0.4 is 0 Å². The number of phenols is 8. The molecule has 110 heavy (non-hydrogen) atoms. The molecule has 8 N–H and O–H groups in total. The Kier molecular flexibility index (Phi) is 29.7. The number of rotatable bonds is 6. The first kappa shape index (κ1) is 95.2. The van der Waals surface area contributed by atoms with Gasteiger partial charge in [0.15, 0.2) is 0 Å². The van der Waals surface area contributed by atoms with E-state index in [0.29, 0.717) is 52.4 Å². The molecule has 0 aliphatic heterocycles. The molecule has 0 fully saturated rings. The summed E-state index contributed by atoms with van der Waals surface area (Å²) in [6.45, 7) is 84.5. The lowest BCUT2D eigenvalue weighted by molar-refractivity contribution is 0.420. The number of aryl methyl sites for hydroxylation is 7. The van der Waals surface area contributed by atoms with Crippen LogP contribution in [-0.2, 0) is 66.0 Å². The Hall–Kier alpha value is -7.14. The maximum absolute atomic E-state index is 10.8. The van der Waals surface area contributed by atoms with Crippen molar-refractivity contribution < 1.29 is 40.9 Å². The van der Waals surface area contributed by atoms with Crippen LogP contribution in [0, 0.1) is 48.5 Å². The molecule has 0 unspecified atom stereocenters. The van der Waals surface area contributed by atoms with Crippen molar-refractivity contribution in [3.05, 3.63) is 208 Å². The van der Waals surface area contributed by atoms with Gasteiger partial charge in [-0.2, -0.15) is 0 Å². The molecule has 0 amide bonds. The highest BCUT2D eigenvalue weighted by Crippen LogP contribution is 2.50. The van der Waals surface area contributed by atoms with Crippen molar-refractivity contribution in [2.45, 2.75) is 363 Å². The van der Waals surface area contributed by atoms with Crippen molar-refractivity contribution in [2.24, 2.45) is 0 Å². The molecule has 8 nitrogen and oxygen atoms in total. The molecule has 0 aliphatic carbocycles. The third-order valence-electron chi connectivity index (χ3n) is 19.8. The van der Waals surface area contributed by atoms with Crippen LogP contribution in [0.3, 0.4) is 0 Å². The Morgan fingerprint density at radius 3 is 0.636 bits per heavy atom. The lowest BCUT2D eigenvalue weighted by atomic mass is 9.75. The highest BCUT2D eigenvalue weighted by atomic mass is 32.2. The molecule has 0 saturated carbocycles. The van der Waals surface area contributed by atoms with Crippen LogP contribution in [0.15, 0.2) is 117 Å². The Morgan fingerprint density at radius 1 is 0.200 bits per heavy atom. The second-order valence-corrected chi connectivity index (χ2v) is 44.7. The zero-order valence-electron chi connectivity index (χ0n) is 75.8. The second kappa shape index (κ2) is 34.3. The van der Waals surface area contributed by atoms with Crippen LogP contribution >= 0.6 is 23.5 Å². The first-order valence-corrected chi connectivity index (χ1v) is 40.9. The van der Waals surface area contributed by atoms with Crippen LogP contribution in [0.5, 0.6) is 46.0 Å². The van der Waals surface area contributed by atoms with Gasteiger partial charge >= 0.3 is 0 Å². The number of phenolic OH excluding ortho intramolecular Hbond substituents is 8. The molecule has 8 rings (SSSR count). The zero-order chi connectivity index (χ0) is 85.4. The maximum atomic E-state index is 10.8. The van der Waals surface area contributed by atoms with Gasteiger partial charge in [0.25, 0.3) is 0 Å². The summed E-state index contributed by atoms with van der Waals surface area (Å²) >= 11 is 3.13. The van der Waals surface area contributed by atoms with Crippen LogP contribution in [0.25, 0.3) is 0 Å². The van der Waals surface area contributed by atoms with Crippen LogP contribution in [0.2, 0.25) is 0 Å². The van der Waals surface area contributed by atoms with Crippen LogP contribution in [-0.4, -0.2) is 40.9 Å². The maximum Gasteiger partial charge on any atom is 0.133 e. The smallest absolute Gasteiger partial charge is 0.133 e. The Morgan fingerprint density at radius 2 is 0.400 bits per heavy atom. The molecular formula is C100H146O8S2. The third kappa shape index (κ3) is 25.4. The fourth-order valence-electron chi connectivity index (χ4n) is 13.3. The van der Waals surface area contributed by atoms with Crippen molar-refractivity contribution in [1.82, 2.24) is 0 Å². The number of hydrogen-bond acceptors (Lipinski definition) is 10. The van der Waals surface area contributed by atoms with E-state index in [1.807, 2.05) is 76.2 Å². The number of aromatic hydroxyl groups is 8. The summed E-state index contributed by atoms with van der Waals surface area (Å²) in [6.07, 6.45) is 0.521. The van der Waals surface area contributed by atoms with Gasteiger partial charge in [0, 0.05) is 38.5 Å². The van der Waals surface area contributed by atoms with Crippen molar-refractivity contribution in [1.29, 1.82) is 0 Å². The van der Waals surface area contributed by atoms with E-state index in [2.05, 4.69) is 298 Å². The van der Waals surface area contributed by atoms with E-state index in [4.69, 9.17) is 0 Å². The molecule has 0 saturated heterocycles. The molecule has 0 spiro atoms. The molecule has 0 bridgehead atoms. The summed E-state index contributed by atoms with van der Waals surface area (Å²) in [7, 11) is 0. The lowest BCUT2D eigenvalue weighted by Gasteiger charge is -2.31. The Labute approximate surface area is 676 Å². The lowest BCUT2D eigenvalue weighted by Crippen LogP contribution is -2.21. The molecule has 10 heteroatoms. The number of hydrogen-bond donors (Lipinski definition) is 8. The fourth-order valence-corrected chi connectivity index (χ4v) is 15.4. The quantitative estimate of drug-likeness (QED) is 0.0805. The molecule has 606 valence electrons. The summed E-state index contributed by atoms with van der Waals surface area (Å²) < 4.78 is 0. The Bertz CT molecular complexity index is 4150. The molecule has 0 aromatic heterocycles. The van der Waals surface area contributed by atoms with E-state index in [1.54, 1.807) is 11.8 Å². The van der Waals surface area contributed by atoms with E-state index in [1.165, 1.54) is 22.9 Å². The highest BCUT2D eigenvalue weighted by Gasteiger charge is 2.32. The predicted octanol–water partition coefficient (Wildman–Crippen LogP) is 28.4. The first-order valence-electron chi connectivity index (χ1n) is 39.3. The molecule has 0 heterocycles. The SMILES string of the molecule is CC(C)(C)c1cc(C(C)(C)C)c(O)c(C(C)(C)C)c1.Cc1cc(C(C)(C)C)c(O)c(C(C)(C)C)c1.Cc1cc(Cc2cc(C)cc(C(C)(C)C)c2O)c(O)c(C(C)(C)C)c1.Cc1cc(O)c(C(C)(C)C)cc1Sc1cc(C(C)(C)C)c(O)cc1C.Cc1cc(Sc2cc(C)cc(C(C)(C)C)c2O)c(O)c(C(C)(C)C)c1. The third-order valence-corrected chi connectivity index (χ3v) is 22.2. The molecule has 0 radical (unpaired) electrons.